The minimum atomic E-state index is -0.805. The topological polar surface area (TPSA) is 111 Å². The van der Waals surface area contributed by atoms with Crippen molar-refractivity contribution in [2.75, 3.05) is 25.1 Å². The zero-order valence-electron chi connectivity index (χ0n) is 18.9. The normalized spacial score (nSPS) is 10.3. The highest BCUT2D eigenvalue weighted by atomic mass is 16.5. The summed E-state index contributed by atoms with van der Waals surface area (Å²) in [4.78, 5) is 38.0. The van der Waals surface area contributed by atoms with Gasteiger partial charge in [0.05, 0.1) is 18.8 Å². The SMILES string of the molecule is CCOc1ccc(C(=O)c2ccccc2C(=O)OCC(=O)Nc2ccc(O)cc2)cc1OCC. The number of hydrogen-bond acceptors (Lipinski definition) is 7. The number of aromatic hydroxyl groups is 1. The van der Waals surface area contributed by atoms with Crippen molar-refractivity contribution < 1.29 is 33.7 Å². The van der Waals surface area contributed by atoms with Gasteiger partial charge in [-0.1, -0.05) is 18.2 Å². The summed E-state index contributed by atoms with van der Waals surface area (Å²) in [6.07, 6.45) is 0. The molecule has 0 heterocycles. The highest BCUT2D eigenvalue weighted by molar-refractivity contribution is 6.14. The highest BCUT2D eigenvalue weighted by Crippen LogP contribution is 2.30. The molecule has 0 fully saturated rings. The molecular formula is C26H25NO7. The lowest BCUT2D eigenvalue weighted by Crippen LogP contribution is -2.22. The molecule has 0 aliphatic rings. The van der Waals surface area contributed by atoms with Gasteiger partial charge in [-0.15, -0.1) is 0 Å². The first-order valence-electron chi connectivity index (χ1n) is 10.7. The van der Waals surface area contributed by atoms with Crippen LogP contribution < -0.4 is 14.8 Å². The molecule has 3 aromatic rings. The van der Waals surface area contributed by atoms with Gasteiger partial charge in [-0.05, 0) is 62.4 Å². The lowest BCUT2D eigenvalue weighted by Gasteiger charge is -2.13. The van der Waals surface area contributed by atoms with Gasteiger partial charge in [0.2, 0.25) is 0 Å². The van der Waals surface area contributed by atoms with Crippen molar-refractivity contribution in [3.63, 3.8) is 0 Å². The second-order valence-corrected chi connectivity index (χ2v) is 7.07. The summed E-state index contributed by atoms with van der Waals surface area (Å²) in [5.41, 5.74) is 0.932. The van der Waals surface area contributed by atoms with E-state index in [0.29, 0.717) is 36.0 Å². The maximum absolute atomic E-state index is 13.2. The molecule has 0 aliphatic carbocycles. The molecule has 3 rings (SSSR count). The molecule has 0 spiro atoms. The number of phenols is 1. The molecule has 8 heteroatoms. The number of phenolic OH excluding ortho intramolecular Hbond substituents is 1. The van der Waals surface area contributed by atoms with E-state index in [9.17, 15) is 19.5 Å². The van der Waals surface area contributed by atoms with E-state index >= 15 is 0 Å². The molecule has 3 aromatic carbocycles. The van der Waals surface area contributed by atoms with Gasteiger partial charge in [0.1, 0.15) is 5.75 Å². The van der Waals surface area contributed by atoms with Gasteiger partial charge in [0.25, 0.3) is 5.91 Å². The number of nitrogens with one attached hydrogen (secondary N) is 1. The Hall–Kier alpha value is -4.33. The fraction of sp³-hybridized carbons (Fsp3) is 0.192. The van der Waals surface area contributed by atoms with E-state index in [1.165, 1.54) is 36.4 Å². The van der Waals surface area contributed by atoms with Gasteiger partial charge in [-0.3, -0.25) is 9.59 Å². The third kappa shape index (κ3) is 6.13. The smallest absolute Gasteiger partial charge is 0.339 e. The van der Waals surface area contributed by atoms with E-state index in [4.69, 9.17) is 14.2 Å². The van der Waals surface area contributed by atoms with E-state index in [1.54, 1.807) is 30.3 Å². The first kappa shape index (κ1) is 24.3. The Kier molecular flexibility index (Phi) is 8.23. The Morgan fingerprint density at radius 1 is 0.824 bits per heavy atom. The summed E-state index contributed by atoms with van der Waals surface area (Å²) in [7, 11) is 0. The van der Waals surface area contributed by atoms with E-state index in [-0.39, 0.29) is 16.9 Å². The van der Waals surface area contributed by atoms with Crippen LogP contribution >= 0.6 is 0 Å². The number of anilines is 1. The van der Waals surface area contributed by atoms with Crippen molar-refractivity contribution in [3.05, 3.63) is 83.4 Å². The zero-order chi connectivity index (χ0) is 24.5. The van der Waals surface area contributed by atoms with E-state index < -0.39 is 24.3 Å². The third-order valence-corrected chi connectivity index (χ3v) is 4.68. The molecule has 34 heavy (non-hydrogen) atoms. The number of amides is 1. The Bertz CT molecular complexity index is 1170. The molecule has 0 saturated heterocycles. The van der Waals surface area contributed by atoms with Crippen LogP contribution in [0.4, 0.5) is 5.69 Å². The fourth-order valence-electron chi connectivity index (χ4n) is 3.16. The van der Waals surface area contributed by atoms with E-state index in [0.717, 1.165) is 0 Å². The number of esters is 1. The van der Waals surface area contributed by atoms with Crippen LogP contribution in [0.2, 0.25) is 0 Å². The third-order valence-electron chi connectivity index (χ3n) is 4.68. The summed E-state index contributed by atoms with van der Waals surface area (Å²) in [5.74, 6) is -0.748. The number of carbonyl (C=O) groups excluding carboxylic acids is 3. The summed E-state index contributed by atoms with van der Waals surface area (Å²) >= 11 is 0. The first-order valence-corrected chi connectivity index (χ1v) is 10.7. The number of benzene rings is 3. The Morgan fingerprint density at radius 2 is 1.47 bits per heavy atom. The zero-order valence-corrected chi connectivity index (χ0v) is 18.9. The number of rotatable bonds is 10. The minimum absolute atomic E-state index is 0.0387. The second kappa shape index (κ2) is 11.5. The van der Waals surface area contributed by atoms with Crippen LogP contribution in [0, 0.1) is 0 Å². The molecule has 0 radical (unpaired) electrons. The lowest BCUT2D eigenvalue weighted by molar-refractivity contribution is -0.119. The fourth-order valence-corrected chi connectivity index (χ4v) is 3.16. The predicted octanol–water partition coefficient (Wildman–Crippen LogP) is 4.22. The van der Waals surface area contributed by atoms with Crippen LogP contribution in [-0.4, -0.2) is 42.6 Å². The van der Waals surface area contributed by atoms with Crippen molar-refractivity contribution >= 4 is 23.3 Å². The van der Waals surface area contributed by atoms with Crippen molar-refractivity contribution in [2.24, 2.45) is 0 Å². The highest BCUT2D eigenvalue weighted by Gasteiger charge is 2.21. The molecule has 0 atom stereocenters. The number of ketones is 1. The number of hydrogen-bond donors (Lipinski definition) is 2. The molecule has 8 nitrogen and oxygen atoms in total. The molecule has 0 aromatic heterocycles. The van der Waals surface area contributed by atoms with Gasteiger partial charge < -0.3 is 24.6 Å². The molecule has 0 saturated carbocycles. The molecular weight excluding hydrogens is 438 g/mol. The minimum Gasteiger partial charge on any atom is -0.508 e. The number of carbonyl (C=O) groups is 3. The summed E-state index contributed by atoms with van der Waals surface area (Å²) < 4.78 is 16.2. The average Bonchev–Trinajstić information content (AvgIpc) is 2.85. The Balaban J connectivity index is 1.74. The van der Waals surface area contributed by atoms with Crippen LogP contribution in [-0.2, 0) is 9.53 Å². The quantitative estimate of drug-likeness (QED) is 0.263. The van der Waals surface area contributed by atoms with Gasteiger partial charge in [-0.25, -0.2) is 4.79 Å². The van der Waals surface area contributed by atoms with Crippen LogP contribution in [0.1, 0.15) is 40.1 Å². The standard InChI is InChI=1S/C26H25NO7/c1-3-32-22-14-9-17(15-23(22)33-4-2)25(30)20-7-5-6-8-21(20)26(31)34-16-24(29)27-18-10-12-19(28)13-11-18/h5-15,28H,3-4,16H2,1-2H3,(H,27,29). The summed E-state index contributed by atoms with van der Waals surface area (Å²) in [6, 6.07) is 16.9. The predicted molar refractivity (Wildman–Crippen MR) is 126 cm³/mol. The maximum atomic E-state index is 13.2. The van der Waals surface area contributed by atoms with E-state index in [2.05, 4.69) is 5.32 Å². The van der Waals surface area contributed by atoms with Gasteiger partial charge >= 0.3 is 5.97 Å². The van der Waals surface area contributed by atoms with Crippen molar-refractivity contribution in [3.8, 4) is 17.2 Å². The van der Waals surface area contributed by atoms with Crippen LogP contribution in [0.25, 0.3) is 0 Å². The molecule has 176 valence electrons. The second-order valence-electron chi connectivity index (χ2n) is 7.07. The van der Waals surface area contributed by atoms with Crippen LogP contribution in [0.5, 0.6) is 17.2 Å². The lowest BCUT2D eigenvalue weighted by atomic mass is 9.98. The molecule has 0 bridgehead atoms. The van der Waals surface area contributed by atoms with Crippen molar-refractivity contribution in [1.29, 1.82) is 0 Å². The molecule has 0 unspecified atom stereocenters. The van der Waals surface area contributed by atoms with Crippen LogP contribution in [0.15, 0.2) is 66.7 Å². The van der Waals surface area contributed by atoms with Crippen LogP contribution in [0.3, 0.4) is 0 Å². The largest absolute Gasteiger partial charge is 0.508 e. The summed E-state index contributed by atoms with van der Waals surface area (Å²) in [6.45, 7) is 3.98. The average molecular weight is 463 g/mol. The Morgan fingerprint density at radius 3 is 2.15 bits per heavy atom. The summed E-state index contributed by atoms with van der Waals surface area (Å²) in [5, 5.41) is 11.9. The van der Waals surface area contributed by atoms with Crippen molar-refractivity contribution in [1.82, 2.24) is 0 Å². The molecule has 0 aliphatic heterocycles. The first-order chi connectivity index (χ1) is 16.4. The van der Waals surface area contributed by atoms with Gasteiger partial charge in [0.15, 0.2) is 23.9 Å². The van der Waals surface area contributed by atoms with Gasteiger partial charge in [0, 0.05) is 16.8 Å². The Labute approximate surface area is 197 Å². The van der Waals surface area contributed by atoms with Crippen molar-refractivity contribution in [2.45, 2.75) is 13.8 Å². The number of ether oxygens (including phenoxy) is 3. The van der Waals surface area contributed by atoms with Gasteiger partial charge in [-0.2, -0.15) is 0 Å². The molecule has 2 N–H and O–H groups in total. The molecule has 1 amide bonds. The monoisotopic (exact) mass is 463 g/mol. The maximum Gasteiger partial charge on any atom is 0.339 e. The van der Waals surface area contributed by atoms with E-state index in [1.807, 2.05) is 13.8 Å².